The van der Waals surface area contributed by atoms with E-state index in [0.717, 1.165) is 45.8 Å². The molecular weight excluding hydrogens is 300 g/mol. The molecule has 0 radical (unpaired) electrons. The summed E-state index contributed by atoms with van der Waals surface area (Å²) in [6, 6.07) is 8.65. The lowest BCUT2D eigenvalue weighted by Gasteiger charge is -2.26. The lowest BCUT2D eigenvalue weighted by Crippen LogP contribution is -2.39. The molecule has 2 rings (SSSR count). The fourth-order valence-electron chi connectivity index (χ4n) is 2.78. The molecule has 3 N–H and O–H groups in total. The summed E-state index contributed by atoms with van der Waals surface area (Å²) < 4.78 is 5.35. The number of nitrogens with one attached hydrogen (secondary N) is 1. The molecule has 0 atom stereocenters. The zero-order valence-electron chi connectivity index (χ0n) is 15.3. The van der Waals surface area contributed by atoms with E-state index in [4.69, 9.17) is 10.5 Å². The van der Waals surface area contributed by atoms with Crippen molar-refractivity contribution in [1.82, 2.24) is 10.2 Å². The Hall–Kier alpha value is -1.59. The van der Waals surface area contributed by atoms with Crippen LogP contribution in [0.5, 0.6) is 0 Å². The lowest BCUT2D eigenvalue weighted by molar-refractivity contribution is 0.0376. The first-order chi connectivity index (χ1) is 11.5. The van der Waals surface area contributed by atoms with Crippen molar-refractivity contribution in [3.8, 4) is 0 Å². The average Bonchev–Trinajstić information content (AvgIpc) is 2.58. The minimum absolute atomic E-state index is 0.0200. The van der Waals surface area contributed by atoms with Gasteiger partial charge in [0.15, 0.2) is 5.96 Å². The van der Waals surface area contributed by atoms with Gasteiger partial charge >= 0.3 is 0 Å². The first kappa shape index (κ1) is 18.7. The van der Waals surface area contributed by atoms with Crippen molar-refractivity contribution < 1.29 is 4.74 Å². The summed E-state index contributed by atoms with van der Waals surface area (Å²) in [7, 11) is 0. The maximum Gasteiger partial charge on any atom is 0.188 e. The highest BCUT2D eigenvalue weighted by atomic mass is 16.5. The van der Waals surface area contributed by atoms with Crippen molar-refractivity contribution in [1.29, 1.82) is 0 Å². The number of guanidine groups is 1. The number of benzene rings is 1. The normalized spacial score (nSPS) is 17.0. The van der Waals surface area contributed by atoms with Crippen LogP contribution in [-0.2, 0) is 10.2 Å². The monoisotopic (exact) mass is 332 g/mol. The minimum Gasteiger partial charge on any atom is -0.379 e. The van der Waals surface area contributed by atoms with Gasteiger partial charge in [0.2, 0.25) is 0 Å². The Morgan fingerprint density at radius 2 is 1.92 bits per heavy atom. The third-order valence-corrected chi connectivity index (χ3v) is 4.54. The van der Waals surface area contributed by atoms with Gasteiger partial charge in [-0.3, -0.25) is 9.89 Å². The average molecular weight is 332 g/mol. The molecule has 0 aromatic heterocycles. The number of morpholine rings is 1. The van der Waals surface area contributed by atoms with Crippen LogP contribution in [0.4, 0.5) is 0 Å². The third-order valence-electron chi connectivity index (χ3n) is 4.54. The molecule has 1 heterocycles. The minimum atomic E-state index is -0.0200. The van der Waals surface area contributed by atoms with Gasteiger partial charge in [-0.25, -0.2) is 0 Å². The third kappa shape index (κ3) is 6.13. The molecule has 0 aliphatic carbocycles. The molecule has 134 valence electrons. The van der Waals surface area contributed by atoms with Crippen LogP contribution in [0.15, 0.2) is 29.3 Å². The molecule has 5 nitrogen and oxygen atoms in total. The summed E-state index contributed by atoms with van der Waals surface area (Å²) in [5.74, 6) is 0.539. The van der Waals surface area contributed by atoms with Gasteiger partial charge in [-0.05, 0) is 25.5 Å². The van der Waals surface area contributed by atoms with Crippen LogP contribution in [0.2, 0.25) is 0 Å². The van der Waals surface area contributed by atoms with Crippen LogP contribution in [-0.4, -0.2) is 56.8 Å². The summed E-state index contributed by atoms with van der Waals surface area (Å²) in [4.78, 5) is 6.96. The summed E-state index contributed by atoms with van der Waals surface area (Å²) in [6.45, 7) is 12.9. The van der Waals surface area contributed by atoms with Gasteiger partial charge in [-0.2, -0.15) is 0 Å². The van der Waals surface area contributed by atoms with Gasteiger partial charge in [-0.1, -0.05) is 43.7 Å². The van der Waals surface area contributed by atoms with Gasteiger partial charge in [0.05, 0.1) is 19.8 Å². The number of ether oxygens (including phenoxy) is 1. The van der Waals surface area contributed by atoms with Crippen molar-refractivity contribution in [3.63, 3.8) is 0 Å². The topological polar surface area (TPSA) is 62.9 Å². The molecule has 0 bridgehead atoms. The molecule has 1 saturated heterocycles. The number of aryl methyl sites for hydroxylation is 1. The maximum atomic E-state index is 6.01. The van der Waals surface area contributed by atoms with Gasteiger partial charge < -0.3 is 15.8 Å². The molecule has 5 heteroatoms. The second-order valence-electron chi connectivity index (χ2n) is 7.19. The van der Waals surface area contributed by atoms with E-state index in [1.54, 1.807) is 0 Å². The molecular formula is C19H32N4O. The molecule has 0 amide bonds. The van der Waals surface area contributed by atoms with Crippen molar-refractivity contribution in [3.05, 3.63) is 35.4 Å². The van der Waals surface area contributed by atoms with Crippen LogP contribution < -0.4 is 11.1 Å². The van der Waals surface area contributed by atoms with E-state index in [2.05, 4.69) is 60.2 Å². The number of nitrogens with two attached hydrogens (primary N) is 1. The first-order valence-electron chi connectivity index (χ1n) is 8.88. The quantitative estimate of drug-likeness (QED) is 0.455. The predicted molar refractivity (Wildman–Crippen MR) is 101 cm³/mol. The number of hydrogen-bond donors (Lipinski definition) is 2. The summed E-state index contributed by atoms with van der Waals surface area (Å²) in [5, 5.41) is 3.23. The number of nitrogens with zero attached hydrogens (tertiary/aromatic N) is 2. The van der Waals surface area contributed by atoms with Crippen LogP contribution >= 0.6 is 0 Å². The van der Waals surface area contributed by atoms with E-state index >= 15 is 0 Å². The Kier molecular flexibility index (Phi) is 7.06. The van der Waals surface area contributed by atoms with Crippen LogP contribution in [0.3, 0.4) is 0 Å². The van der Waals surface area contributed by atoms with E-state index in [0.29, 0.717) is 12.5 Å². The lowest BCUT2D eigenvalue weighted by atomic mass is 9.84. The Morgan fingerprint density at radius 1 is 1.25 bits per heavy atom. The number of rotatable bonds is 7. The zero-order chi connectivity index (χ0) is 17.4. The van der Waals surface area contributed by atoms with Crippen molar-refractivity contribution in [2.24, 2.45) is 10.7 Å². The van der Waals surface area contributed by atoms with Crippen molar-refractivity contribution in [2.75, 3.05) is 45.9 Å². The van der Waals surface area contributed by atoms with Gasteiger partial charge in [0.1, 0.15) is 0 Å². The van der Waals surface area contributed by atoms with Crippen LogP contribution in [0.1, 0.15) is 31.4 Å². The fraction of sp³-hybridized carbons (Fsp3) is 0.632. The highest BCUT2D eigenvalue weighted by molar-refractivity contribution is 5.77. The molecule has 1 aliphatic rings. The second-order valence-corrected chi connectivity index (χ2v) is 7.19. The predicted octanol–water partition coefficient (Wildman–Crippen LogP) is 1.90. The number of hydrogen-bond acceptors (Lipinski definition) is 3. The standard InChI is InChI=1S/C19H32N4O/c1-16-5-7-17(8-6-16)19(2,3)15-22-18(20)21-9-4-10-23-11-13-24-14-12-23/h5-8H,4,9-15H2,1-3H3,(H3,20,21,22). The Balaban J connectivity index is 1.71. The molecule has 0 saturated carbocycles. The van der Waals surface area contributed by atoms with E-state index in [-0.39, 0.29) is 5.41 Å². The molecule has 0 spiro atoms. The molecule has 1 aliphatic heterocycles. The van der Waals surface area contributed by atoms with E-state index in [1.165, 1.54) is 11.1 Å². The highest BCUT2D eigenvalue weighted by Gasteiger charge is 2.20. The zero-order valence-corrected chi connectivity index (χ0v) is 15.3. The largest absolute Gasteiger partial charge is 0.379 e. The van der Waals surface area contributed by atoms with E-state index < -0.39 is 0 Å². The second kappa shape index (κ2) is 9.04. The first-order valence-corrected chi connectivity index (χ1v) is 8.88. The van der Waals surface area contributed by atoms with E-state index in [1.807, 2.05) is 0 Å². The Morgan fingerprint density at radius 3 is 2.58 bits per heavy atom. The molecule has 1 aromatic rings. The summed E-state index contributed by atoms with van der Waals surface area (Å²) in [5.41, 5.74) is 8.55. The molecule has 24 heavy (non-hydrogen) atoms. The van der Waals surface area contributed by atoms with Gasteiger partial charge in [0.25, 0.3) is 0 Å². The molecule has 1 aromatic carbocycles. The summed E-state index contributed by atoms with van der Waals surface area (Å²) >= 11 is 0. The van der Waals surface area contributed by atoms with E-state index in [9.17, 15) is 0 Å². The van der Waals surface area contributed by atoms with Crippen molar-refractivity contribution in [2.45, 2.75) is 32.6 Å². The smallest absolute Gasteiger partial charge is 0.188 e. The highest BCUT2D eigenvalue weighted by Crippen LogP contribution is 2.23. The van der Waals surface area contributed by atoms with Crippen molar-refractivity contribution >= 4 is 5.96 Å². The Bertz CT molecular complexity index is 519. The molecule has 0 unspecified atom stereocenters. The van der Waals surface area contributed by atoms with Crippen LogP contribution in [0, 0.1) is 6.92 Å². The SMILES string of the molecule is Cc1ccc(C(C)(C)CN=C(N)NCCCN2CCOCC2)cc1. The maximum absolute atomic E-state index is 6.01. The van der Waals surface area contributed by atoms with Gasteiger partial charge in [0, 0.05) is 25.0 Å². The van der Waals surface area contributed by atoms with Gasteiger partial charge in [-0.15, -0.1) is 0 Å². The molecule has 1 fully saturated rings. The summed E-state index contributed by atoms with van der Waals surface area (Å²) in [6.07, 6.45) is 1.07. The van der Waals surface area contributed by atoms with Crippen LogP contribution in [0.25, 0.3) is 0 Å². The number of aliphatic imine (C=N–C) groups is 1. The Labute approximate surface area is 146 Å². The fourth-order valence-corrected chi connectivity index (χ4v) is 2.78.